The van der Waals surface area contributed by atoms with Crippen LogP contribution in [0, 0.1) is 0 Å². The lowest BCUT2D eigenvalue weighted by Crippen LogP contribution is -2.43. The molecule has 0 radical (unpaired) electrons. The van der Waals surface area contributed by atoms with E-state index in [1.165, 1.54) is 6.42 Å². The highest BCUT2D eigenvalue weighted by atomic mass is 35.5. The van der Waals surface area contributed by atoms with Crippen LogP contribution in [0.4, 0.5) is 0 Å². The Labute approximate surface area is 140 Å². The van der Waals surface area contributed by atoms with Crippen molar-refractivity contribution in [1.82, 2.24) is 4.90 Å². The van der Waals surface area contributed by atoms with Crippen LogP contribution in [0.2, 0.25) is 0 Å². The lowest BCUT2D eigenvalue weighted by atomic mass is 9.77. The van der Waals surface area contributed by atoms with E-state index in [-0.39, 0.29) is 23.4 Å². The smallest absolute Gasteiger partial charge is 0.238 e. The summed E-state index contributed by atoms with van der Waals surface area (Å²) in [4.78, 5) is 14.3. The fourth-order valence-electron chi connectivity index (χ4n) is 3.80. The number of halogens is 1. The van der Waals surface area contributed by atoms with Crippen molar-refractivity contribution >= 4 is 28.5 Å². The third-order valence-electron chi connectivity index (χ3n) is 5.23. The number of fused-ring (bicyclic) bond motifs is 1. The largest absolute Gasteiger partial charge is 0.464 e. The number of carbonyl (C=O) groups is 1. The van der Waals surface area contributed by atoms with Gasteiger partial charge in [0.15, 0.2) is 0 Å². The van der Waals surface area contributed by atoms with Crippen LogP contribution in [0.3, 0.4) is 0 Å². The third-order valence-corrected chi connectivity index (χ3v) is 5.46. The standard InChI is InChI=1S/C18H20ClNO3/c19-10-16(21)20(15-9-18(23-12-15)6-2-7-18)11-14-4-1-3-13-5-8-22-17(13)14/h1,3-5,8,15H,2,6-7,9-12H2. The summed E-state index contributed by atoms with van der Waals surface area (Å²) < 4.78 is 11.6. The molecular formula is C18H20ClNO3. The zero-order valence-electron chi connectivity index (χ0n) is 13.0. The Morgan fingerprint density at radius 2 is 2.22 bits per heavy atom. The van der Waals surface area contributed by atoms with Gasteiger partial charge in [0.25, 0.3) is 0 Å². The minimum absolute atomic E-state index is 0.00235. The van der Waals surface area contributed by atoms with Gasteiger partial charge in [0.05, 0.1) is 24.5 Å². The van der Waals surface area contributed by atoms with Gasteiger partial charge >= 0.3 is 0 Å². The molecule has 2 aromatic rings. The Kier molecular flexibility index (Phi) is 3.82. The van der Waals surface area contributed by atoms with Crippen LogP contribution in [-0.4, -0.2) is 34.9 Å². The van der Waals surface area contributed by atoms with Crippen molar-refractivity contribution in [2.45, 2.75) is 43.9 Å². The summed E-state index contributed by atoms with van der Waals surface area (Å²) in [5, 5.41) is 1.05. The first kappa shape index (κ1) is 15.0. The van der Waals surface area contributed by atoms with Crippen molar-refractivity contribution in [2.24, 2.45) is 0 Å². The molecule has 1 aliphatic carbocycles. The Morgan fingerprint density at radius 3 is 2.91 bits per heavy atom. The van der Waals surface area contributed by atoms with Crippen molar-refractivity contribution in [2.75, 3.05) is 12.5 Å². The summed E-state index contributed by atoms with van der Waals surface area (Å²) in [7, 11) is 0. The molecule has 0 N–H and O–H groups in total. The molecule has 122 valence electrons. The van der Waals surface area contributed by atoms with E-state index >= 15 is 0 Å². The van der Waals surface area contributed by atoms with E-state index in [1.807, 2.05) is 29.2 Å². The predicted octanol–water partition coefficient (Wildman–Crippen LogP) is 3.71. The van der Waals surface area contributed by atoms with Gasteiger partial charge in [-0.15, -0.1) is 11.6 Å². The highest BCUT2D eigenvalue weighted by Gasteiger charge is 2.47. The maximum atomic E-state index is 12.4. The normalized spacial score (nSPS) is 22.4. The van der Waals surface area contributed by atoms with E-state index < -0.39 is 0 Å². The summed E-state index contributed by atoms with van der Waals surface area (Å²) in [6, 6.07) is 8.06. The maximum absolute atomic E-state index is 12.4. The number of alkyl halides is 1. The first-order chi connectivity index (χ1) is 11.2. The van der Waals surface area contributed by atoms with Gasteiger partial charge in [-0.1, -0.05) is 18.2 Å². The van der Waals surface area contributed by atoms with Gasteiger partial charge in [-0.05, 0) is 31.7 Å². The molecule has 1 spiro atoms. The molecule has 23 heavy (non-hydrogen) atoms. The number of rotatable bonds is 4. The van der Waals surface area contributed by atoms with Gasteiger partial charge in [-0.3, -0.25) is 4.79 Å². The average Bonchev–Trinajstić information content (AvgIpc) is 3.18. The summed E-state index contributed by atoms with van der Waals surface area (Å²) in [5.41, 5.74) is 1.88. The molecule has 1 unspecified atom stereocenters. The van der Waals surface area contributed by atoms with Gasteiger partial charge < -0.3 is 14.1 Å². The van der Waals surface area contributed by atoms with Gasteiger partial charge in [0.1, 0.15) is 11.5 Å². The van der Waals surface area contributed by atoms with Crippen molar-refractivity contribution in [3.8, 4) is 0 Å². The van der Waals surface area contributed by atoms with Crippen LogP contribution in [0.5, 0.6) is 0 Å². The molecule has 1 amide bonds. The minimum atomic E-state index is -0.0415. The highest BCUT2D eigenvalue weighted by Crippen LogP contribution is 2.44. The number of hydrogen-bond donors (Lipinski definition) is 0. The van der Waals surface area contributed by atoms with E-state index in [1.54, 1.807) is 6.26 Å². The van der Waals surface area contributed by atoms with E-state index in [4.69, 9.17) is 20.8 Å². The molecule has 2 fully saturated rings. The number of para-hydroxylation sites is 1. The SMILES string of the molecule is O=C(CCl)N(Cc1cccc2ccoc12)C1COC2(CCC2)C1. The van der Waals surface area contributed by atoms with Crippen LogP contribution in [0.25, 0.3) is 11.0 Å². The molecule has 5 heteroatoms. The fourth-order valence-corrected chi connectivity index (χ4v) is 3.95. The molecule has 1 aliphatic heterocycles. The second-order valence-electron chi connectivity index (χ2n) is 6.62. The molecule has 1 saturated heterocycles. The molecule has 1 atom stereocenters. The Morgan fingerprint density at radius 1 is 1.35 bits per heavy atom. The van der Waals surface area contributed by atoms with Crippen molar-refractivity contribution in [1.29, 1.82) is 0 Å². The van der Waals surface area contributed by atoms with E-state index in [0.29, 0.717) is 13.2 Å². The first-order valence-corrected chi connectivity index (χ1v) is 8.69. The van der Waals surface area contributed by atoms with Gasteiger partial charge in [0.2, 0.25) is 5.91 Å². The molecule has 1 saturated carbocycles. The molecule has 0 bridgehead atoms. The number of benzene rings is 1. The molecule has 4 rings (SSSR count). The van der Waals surface area contributed by atoms with Crippen LogP contribution >= 0.6 is 11.6 Å². The van der Waals surface area contributed by atoms with Gasteiger partial charge in [-0.2, -0.15) is 0 Å². The number of amides is 1. The number of ether oxygens (including phenoxy) is 1. The number of nitrogens with zero attached hydrogens (tertiary/aromatic N) is 1. The van der Waals surface area contributed by atoms with Crippen molar-refractivity contribution in [3.05, 3.63) is 36.1 Å². The monoisotopic (exact) mass is 333 g/mol. The molecule has 1 aromatic carbocycles. The predicted molar refractivity (Wildman–Crippen MR) is 88.4 cm³/mol. The summed E-state index contributed by atoms with van der Waals surface area (Å²) >= 11 is 5.85. The fraction of sp³-hybridized carbons (Fsp3) is 0.500. The summed E-state index contributed by atoms with van der Waals surface area (Å²) in [5.74, 6) is -0.0438. The second kappa shape index (κ2) is 5.84. The number of carbonyl (C=O) groups excluding carboxylic acids is 1. The topological polar surface area (TPSA) is 42.7 Å². The zero-order chi connectivity index (χ0) is 15.9. The van der Waals surface area contributed by atoms with Crippen LogP contribution in [0.15, 0.2) is 34.9 Å². The van der Waals surface area contributed by atoms with Gasteiger partial charge in [0, 0.05) is 17.5 Å². The van der Waals surface area contributed by atoms with Crippen LogP contribution in [0.1, 0.15) is 31.2 Å². The summed E-state index contributed by atoms with van der Waals surface area (Å²) in [6.07, 6.45) is 6.05. The quantitative estimate of drug-likeness (QED) is 0.801. The lowest BCUT2D eigenvalue weighted by molar-refractivity contribution is -0.131. The van der Waals surface area contributed by atoms with Crippen molar-refractivity contribution in [3.63, 3.8) is 0 Å². The summed E-state index contributed by atoms with van der Waals surface area (Å²) in [6.45, 7) is 1.12. The number of hydrogen-bond acceptors (Lipinski definition) is 3. The lowest BCUT2D eigenvalue weighted by Gasteiger charge is -2.37. The molecule has 4 nitrogen and oxygen atoms in total. The number of furan rings is 1. The van der Waals surface area contributed by atoms with E-state index in [2.05, 4.69) is 0 Å². The maximum Gasteiger partial charge on any atom is 0.238 e. The molecular weight excluding hydrogens is 314 g/mol. The molecule has 1 aromatic heterocycles. The average molecular weight is 334 g/mol. The molecule has 2 heterocycles. The Hall–Kier alpha value is -1.52. The molecule has 2 aliphatic rings. The van der Waals surface area contributed by atoms with E-state index in [9.17, 15) is 4.79 Å². The van der Waals surface area contributed by atoms with Crippen LogP contribution < -0.4 is 0 Å². The van der Waals surface area contributed by atoms with E-state index in [0.717, 1.165) is 35.8 Å². The first-order valence-electron chi connectivity index (χ1n) is 8.15. The third kappa shape index (κ3) is 2.64. The van der Waals surface area contributed by atoms with Crippen LogP contribution in [-0.2, 0) is 16.1 Å². The second-order valence-corrected chi connectivity index (χ2v) is 6.88. The Bertz CT molecular complexity index is 722. The van der Waals surface area contributed by atoms with Crippen molar-refractivity contribution < 1.29 is 13.9 Å². The zero-order valence-corrected chi connectivity index (χ0v) is 13.7. The van der Waals surface area contributed by atoms with Gasteiger partial charge in [-0.25, -0.2) is 0 Å². The highest BCUT2D eigenvalue weighted by molar-refractivity contribution is 6.27. The minimum Gasteiger partial charge on any atom is -0.464 e. The Balaban J connectivity index is 1.59.